The summed E-state index contributed by atoms with van der Waals surface area (Å²) in [6.07, 6.45) is 8.85. The predicted octanol–water partition coefficient (Wildman–Crippen LogP) is 4.17. The number of rotatable bonds is 6. The van der Waals surface area contributed by atoms with Gasteiger partial charge in [-0.1, -0.05) is 44.2 Å². The highest BCUT2D eigenvalue weighted by Gasteiger charge is 2.16. The van der Waals surface area contributed by atoms with Crippen molar-refractivity contribution in [1.29, 1.82) is 0 Å². The Balaban J connectivity index is 1.72. The van der Waals surface area contributed by atoms with Crippen LogP contribution in [0.5, 0.6) is 5.75 Å². The lowest BCUT2D eigenvalue weighted by molar-refractivity contribution is -0.120. The molecule has 104 valence electrons. The number of hydrogen-bond donors (Lipinski definition) is 0. The molecule has 1 fully saturated rings. The van der Waals surface area contributed by atoms with Crippen molar-refractivity contribution in [3.05, 3.63) is 29.8 Å². The maximum atomic E-state index is 12.0. The van der Waals surface area contributed by atoms with Gasteiger partial charge in [-0.3, -0.25) is 4.79 Å². The number of hydrogen-bond acceptors (Lipinski definition) is 2. The topological polar surface area (TPSA) is 26.3 Å². The van der Waals surface area contributed by atoms with E-state index in [1.807, 2.05) is 24.3 Å². The highest BCUT2D eigenvalue weighted by atomic mass is 16.5. The fourth-order valence-electron chi connectivity index (χ4n) is 2.89. The van der Waals surface area contributed by atoms with Crippen LogP contribution in [0.15, 0.2) is 24.3 Å². The summed E-state index contributed by atoms with van der Waals surface area (Å²) in [5, 5.41) is 0. The number of carbonyl (C=O) groups is 1. The van der Waals surface area contributed by atoms with Crippen LogP contribution in [0.1, 0.15) is 50.5 Å². The molecular weight excluding hydrogens is 236 g/mol. The standard InChI is InChI=1S/C17H24O2/c1-19-17-11-8-14(9-12-17)7-10-16(18)13-15-5-3-2-4-6-15/h8-9,11-12,15H,2-7,10,13H2,1H3. The first kappa shape index (κ1) is 14.1. The van der Waals surface area contributed by atoms with Crippen molar-refractivity contribution in [1.82, 2.24) is 0 Å². The molecule has 0 aliphatic heterocycles. The molecule has 0 heterocycles. The second kappa shape index (κ2) is 7.32. The van der Waals surface area contributed by atoms with Crippen LogP contribution < -0.4 is 4.74 Å². The summed E-state index contributed by atoms with van der Waals surface area (Å²) in [5.74, 6) is 1.97. The Hall–Kier alpha value is -1.31. The first-order chi connectivity index (χ1) is 9.28. The first-order valence-corrected chi connectivity index (χ1v) is 7.42. The zero-order valence-corrected chi connectivity index (χ0v) is 11.9. The normalized spacial score (nSPS) is 16.3. The van der Waals surface area contributed by atoms with E-state index in [4.69, 9.17) is 4.74 Å². The molecule has 2 nitrogen and oxygen atoms in total. The van der Waals surface area contributed by atoms with Gasteiger partial charge in [-0.05, 0) is 30.0 Å². The number of ether oxygens (including phenoxy) is 1. The van der Waals surface area contributed by atoms with Crippen molar-refractivity contribution in [3.8, 4) is 5.75 Å². The van der Waals surface area contributed by atoms with E-state index in [9.17, 15) is 4.79 Å². The van der Waals surface area contributed by atoms with E-state index in [-0.39, 0.29) is 0 Å². The van der Waals surface area contributed by atoms with E-state index in [2.05, 4.69) is 0 Å². The Morgan fingerprint density at radius 2 is 1.84 bits per heavy atom. The second-order valence-corrected chi connectivity index (χ2v) is 5.59. The summed E-state index contributed by atoms with van der Waals surface area (Å²) in [7, 11) is 1.67. The average molecular weight is 260 g/mol. The van der Waals surface area contributed by atoms with E-state index in [1.165, 1.54) is 37.7 Å². The molecule has 1 aromatic rings. The fourth-order valence-corrected chi connectivity index (χ4v) is 2.89. The minimum absolute atomic E-state index is 0.433. The summed E-state index contributed by atoms with van der Waals surface area (Å²) in [6.45, 7) is 0. The van der Waals surface area contributed by atoms with Crippen LogP contribution in [0, 0.1) is 5.92 Å². The van der Waals surface area contributed by atoms with Gasteiger partial charge in [0.2, 0.25) is 0 Å². The number of ketones is 1. The number of aryl methyl sites for hydroxylation is 1. The first-order valence-electron chi connectivity index (χ1n) is 7.42. The lowest BCUT2D eigenvalue weighted by atomic mass is 9.85. The molecular formula is C17H24O2. The van der Waals surface area contributed by atoms with Gasteiger partial charge >= 0.3 is 0 Å². The Kier molecular flexibility index (Phi) is 5.44. The van der Waals surface area contributed by atoms with Gasteiger partial charge in [0.25, 0.3) is 0 Å². The Morgan fingerprint density at radius 3 is 2.47 bits per heavy atom. The van der Waals surface area contributed by atoms with E-state index >= 15 is 0 Å². The zero-order chi connectivity index (χ0) is 13.5. The minimum Gasteiger partial charge on any atom is -0.497 e. The smallest absolute Gasteiger partial charge is 0.133 e. The number of Topliss-reactive ketones (excluding diaryl/α,β-unsaturated/α-hetero) is 1. The number of carbonyl (C=O) groups excluding carboxylic acids is 1. The average Bonchev–Trinajstić information content (AvgIpc) is 2.47. The van der Waals surface area contributed by atoms with Crippen molar-refractivity contribution in [2.24, 2.45) is 5.92 Å². The highest BCUT2D eigenvalue weighted by molar-refractivity contribution is 5.78. The van der Waals surface area contributed by atoms with Gasteiger partial charge in [0.15, 0.2) is 0 Å². The Morgan fingerprint density at radius 1 is 1.16 bits per heavy atom. The summed E-state index contributed by atoms with van der Waals surface area (Å²) in [5.41, 5.74) is 1.22. The fraction of sp³-hybridized carbons (Fsp3) is 0.588. The van der Waals surface area contributed by atoms with Crippen molar-refractivity contribution in [3.63, 3.8) is 0 Å². The Labute approximate surface area is 116 Å². The molecule has 1 saturated carbocycles. The van der Waals surface area contributed by atoms with Crippen LogP contribution in [-0.4, -0.2) is 12.9 Å². The third-order valence-corrected chi connectivity index (χ3v) is 4.09. The summed E-state index contributed by atoms with van der Waals surface area (Å²) >= 11 is 0. The second-order valence-electron chi connectivity index (χ2n) is 5.59. The third-order valence-electron chi connectivity index (χ3n) is 4.09. The molecule has 0 atom stereocenters. The lowest BCUT2D eigenvalue weighted by Gasteiger charge is -2.20. The van der Waals surface area contributed by atoms with Gasteiger partial charge in [-0.2, -0.15) is 0 Å². The van der Waals surface area contributed by atoms with Gasteiger partial charge in [-0.15, -0.1) is 0 Å². The lowest BCUT2D eigenvalue weighted by Crippen LogP contribution is -2.12. The van der Waals surface area contributed by atoms with Crippen molar-refractivity contribution >= 4 is 5.78 Å². The molecule has 19 heavy (non-hydrogen) atoms. The summed E-state index contributed by atoms with van der Waals surface area (Å²) < 4.78 is 5.13. The molecule has 0 aromatic heterocycles. The Bertz CT molecular complexity index is 388. The number of methoxy groups -OCH3 is 1. The van der Waals surface area contributed by atoms with Crippen molar-refractivity contribution in [2.75, 3.05) is 7.11 Å². The van der Waals surface area contributed by atoms with Crippen molar-refractivity contribution in [2.45, 2.75) is 51.4 Å². The molecule has 0 radical (unpaired) electrons. The van der Waals surface area contributed by atoms with Crippen molar-refractivity contribution < 1.29 is 9.53 Å². The monoisotopic (exact) mass is 260 g/mol. The van der Waals surface area contributed by atoms with Crippen LogP contribution in [-0.2, 0) is 11.2 Å². The minimum atomic E-state index is 0.433. The van der Waals surface area contributed by atoms with Gasteiger partial charge in [-0.25, -0.2) is 0 Å². The van der Waals surface area contributed by atoms with Crippen LogP contribution in [0.4, 0.5) is 0 Å². The molecule has 0 saturated heterocycles. The highest BCUT2D eigenvalue weighted by Crippen LogP contribution is 2.27. The van der Waals surface area contributed by atoms with Crippen LogP contribution >= 0.6 is 0 Å². The predicted molar refractivity (Wildman–Crippen MR) is 77.5 cm³/mol. The summed E-state index contributed by atoms with van der Waals surface area (Å²) in [4.78, 5) is 12.0. The number of benzene rings is 1. The molecule has 0 bridgehead atoms. The molecule has 0 spiro atoms. The third kappa shape index (κ3) is 4.70. The molecule has 2 heteroatoms. The molecule has 1 aliphatic rings. The molecule has 1 aromatic carbocycles. The van der Waals surface area contributed by atoms with E-state index < -0.39 is 0 Å². The van der Waals surface area contributed by atoms with E-state index in [0.717, 1.165) is 18.6 Å². The summed E-state index contributed by atoms with van der Waals surface area (Å²) in [6, 6.07) is 8.02. The zero-order valence-electron chi connectivity index (χ0n) is 11.9. The molecule has 0 amide bonds. The van der Waals surface area contributed by atoms with Gasteiger partial charge in [0, 0.05) is 12.8 Å². The molecule has 0 unspecified atom stereocenters. The SMILES string of the molecule is COc1ccc(CCC(=O)CC2CCCCC2)cc1. The molecule has 1 aliphatic carbocycles. The van der Waals surface area contributed by atoms with Gasteiger partial charge in [0.05, 0.1) is 7.11 Å². The van der Waals surface area contributed by atoms with Crippen LogP contribution in [0.2, 0.25) is 0 Å². The quantitative estimate of drug-likeness (QED) is 0.767. The largest absolute Gasteiger partial charge is 0.497 e. The van der Waals surface area contributed by atoms with E-state index in [0.29, 0.717) is 18.1 Å². The maximum absolute atomic E-state index is 12.0. The van der Waals surface area contributed by atoms with Crippen LogP contribution in [0.25, 0.3) is 0 Å². The van der Waals surface area contributed by atoms with Gasteiger partial charge < -0.3 is 4.74 Å². The van der Waals surface area contributed by atoms with E-state index in [1.54, 1.807) is 7.11 Å². The van der Waals surface area contributed by atoms with Gasteiger partial charge in [0.1, 0.15) is 11.5 Å². The molecule has 2 rings (SSSR count). The van der Waals surface area contributed by atoms with Crippen LogP contribution in [0.3, 0.4) is 0 Å². The maximum Gasteiger partial charge on any atom is 0.133 e. The molecule has 0 N–H and O–H groups in total.